The number of hydrogen-bond acceptors (Lipinski definition) is 2. The van der Waals surface area contributed by atoms with Gasteiger partial charge in [0.25, 0.3) is 5.91 Å². The van der Waals surface area contributed by atoms with E-state index >= 15 is 0 Å². The number of halogens is 3. The van der Waals surface area contributed by atoms with Crippen LogP contribution < -0.4 is 0 Å². The molecule has 1 aromatic heterocycles. The molecule has 3 nitrogen and oxygen atoms in total. The second-order valence-corrected chi connectivity index (χ2v) is 7.07. The summed E-state index contributed by atoms with van der Waals surface area (Å²) in [5, 5.41) is 0.654. The van der Waals surface area contributed by atoms with Gasteiger partial charge in [-0.1, -0.05) is 48.5 Å². The van der Waals surface area contributed by atoms with Crippen molar-refractivity contribution in [3.05, 3.63) is 66.2 Å². The van der Waals surface area contributed by atoms with Crippen molar-refractivity contribution in [3.8, 4) is 11.3 Å². The number of rotatable bonds is 2. The van der Waals surface area contributed by atoms with Crippen LogP contribution in [0.4, 0.5) is 13.2 Å². The number of nitrogens with zero attached hydrogens (tertiary/aromatic N) is 2. The maximum Gasteiger partial charge on any atom is 0.393 e. The van der Waals surface area contributed by atoms with E-state index in [1.807, 2.05) is 42.5 Å². The Labute approximate surface area is 160 Å². The van der Waals surface area contributed by atoms with Gasteiger partial charge in [0, 0.05) is 24.0 Å². The van der Waals surface area contributed by atoms with E-state index in [9.17, 15) is 18.0 Å². The standard InChI is InChI=1S/C22H19F3N2O/c23-22(24,25)16-9-6-12-27(14-16)21(28)18-13-20(15-7-2-1-3-8-15)26-19-11-5-4-10-17(18)19/h1-5,7-8,10-11,13,16H,6,9,12,14H2/t16-/m1/s1. The number of alkyl halides is 3. The smallest absolute Gasteiger partial charge is 0.338 e. The summed E-state index contributed by atoms with van der Waals surface area (Å²) in [6, 6.07) is 18.4. The van der Waals surface area contributed by atoms with Gasteiger partial charge in [-0.25, -0.2) is 4.98 Å². The zero-order valence-electron chi connectivity index (χ0n) is 15.1. The van der Waals surface area contributed by atoms with E-state index in [1.165, 1.54) is 4.90 Å². The number of aromatic nitrogens is 1. The molecule has 1 amide bonds. The monoisotopic (exact) mass is 384 g/mol. The van der Waals surface area contributed by atoms with Gasteiger partial charge in [-0.15, -0.1) is 0 Å². The Kier molecular flexibility index (Phi) is 4.79. The molecule has 0 spiro atoms. The van der Waals surface area contributed by atoms with Gasteiger partial charge in [0.1, 0.15) is 0 Å². The first-order chi connectivity index (χ1) is 13.4. The van der Waals surface area contributed by atoms with Gasteiger partial charge >= 0.3 is 6.18 Å². The lowest BCUT2D eigenvalue weighted by atomic mass is 9.96. The third-order valence-corrected chi connectivity index (χ3v) is 5.19. The molecule has 1 fully saturated rings. The third kappa shape index (κ3) is 3.59. The molecule has 2 aromatic carbocycles. The largest absolute Gasteiger partial charge is 0.393 e. The van der Waals surface area contributed by atoms with Gasteiger partial charge in [-0.05, 0) is 25.0 Å². The summed E-state index contributed by atoms with van der Waals surface area (Å²) < 4.78 is 39.5. The van der Waals surface area contributed by atoms with Crippen molar-refractivity contribution >= 4 is 16.8 Å². The van der Waals surface area contributed by atoms with Gasteiger partial charge in [-0.2, -0.15) is 13.2 Å². The van der Waals surface area contributed by atoms with Crippen LogP contribution in [0.1, 0.15) is 23.2 Å². The first-order valence-corrected chi connectivity index (χ1v) is 9.24. The molecule has 0 radical (unpaired) electrons. The first kappa shape index (κ1) is 18.5. The molecule has 28 heavy (non-hydrogen) atoms. The molecule has 0 unspecified atom stereocenters. The molecule has 1 aliphatic heterocycles. The van der Waals surface area contributed by atoms with Gasteiger partial charge in [0.2, 0.25) is 0 Å². The average molecular weight is 384 g/mol. The number of likely N-dealkylation sites (tertiary alicyclic amines) is 1. The number of fused-ring (bicyclic) bond motifs is 1. The van der Waals surface area contributed by atoms with Crippen LogP contribution in [0.15, 0.2) is 60.7 Å². The molecule has 0 saturated carbocycles. The summed E-state index contributed by atoms with van der Waals surface area (Å²) in [5.41, 5.74) is 2.53. The fraction of sp³-hybridized carbons (Fsp3) is 0.273. The number of carbonyl (C=O) groups excluding carboxylic acids is 1. The van der Waals surface area contributed by atoms with Crippen molar-refractivity contribution < 1.29 is 18.0 Å². The van der Waals surface area contributed by atoms with E-state index in [-0.39, 0.29) is 18.9 Å². The zero-order chi connectivity index (χ0) is 19.7. The second kappa shape index (κ2) is 7.26. The lowest BCUT2D eigenvalue weighted by Crippen LogP contribution is -2.44. The maximum atomic E-state index is 13.2. The lowest BCUT2D eigenvalue weighted by Gasteiger charge is -2.34. The first-order valence-electron chi connectivity index (χ1n) is 9.24. The molecule has 4 rings (SSSR count). The Morgan fingerprint density at radius 1 is 1.04 bits per heavy atom. The molecule has 0 bridgehead atoms. The van der Waals surface area contributed by atoms with E-state index in [4.69, 9.17) is 0 Å². The molecule has 144 valence electrons. The normalized spacial score (nSPS) is 17.7. The summed E-state index contributed by atoms with van der Waals surface area (Å²) in [6.45, 7) is 0.0440. The maximum absolute atomic E-state index is 13.2. The number of amides is 1. The predicted molar refractivity (Wildman–Crippen MR) is 102 cm³/mol. The molecule has 1 saturated heterocycles. The summed E-state index contributed by atoms with van der Waals surface area (Å²) in [7, 11) is 0. The van der Waals surface area contributed by atoms with Crippen LogP contribution in [0.25, 0.3) is 22.2 Å². The molecule has 1 aliphatic rings. The second-order valence-electron chi connectivity index (χ2n) is 7.07. The minimum atomic E-state index is -4.28. The highest BCUT2D eigenvalue weighted by molar-refractivity contribution is 6.07. The van der Waals surface area contributed by atoms with Crippen molar-refractivity contribution in [1.29, 1.82) is 0 Å². The molecule has 3 aromatic rings. The number of benzene rings is 2. The highest BCUT2D eigenvalue weighted by Gasteiger charge is 2.42. The number of para-hydroxylation sites is 1. The van der Waals surface area contributed by atoms with E-state index in [1.54, 1.807) is 18.2 Å². The Morgan fingerprint density at radius 3 is 2.50 bits per heavy atom. The Hall–Kier alpha value is -2.89. The van der Waals surface area contributed by atoms with Crippen LogP contribution in [0.2, 0.25) is 0 Å². The highest BCUT2D eigenvalue weighted by Crippen LogP contribution is 2.34. The quantitative estimate of drug-likeness (QED) is 0.599. The van der Waals surface area contributed by atoms with Crippen molar-refractivity contribution in [3.63, 3.8) is 0 Å². The number of pyridine rings is 1. The van der Waals surface area contributed by atoms with Gasteiger partial charge in [0.15, 0.2) is 0 Å². The average Bonchev–Trinajstić information content (AvgIpc) is 2.72. The van der Waals surface area contributed by atoms with E-state index in [0.717, 1.165) is 5.56 Å². The minimum absolute atomic E-state index is 0.0691. The van der Waals surface area contributed by atoms with E-state index < -0.39 is 12.1 Å². The van der Waals surface area contributed by atoms with Crippen LogP contribution in [-0.4, -0.2) is 35.1 Å². The third-order valence-electron chi connectivity index (χ3n) is 5.19. The van der Waals surface area contributed by atoms with Gasteiger partial charge in [0.05, 0.1) is 22.7 Å². The van der Waals surface area contributed by atoms with Crippen LogP contribution >= 0.6 is 0 Å². The van der Waals surface area contributed by atoms with Crippen LogP contribution in [0.5, 0.6) is 0 Å². The topological polar surface area (TPSA) is 33.2 Å². The molecule has 0 aliphatic carbocycles. The van der Waals surface area contributed by atoms with Gasteiger partial charge in [-0.3, -0.25) is 4.79 Å². The lowest BCUT2D eigenvalue weighted by molar-refractivity contribution is -0.184. The Morgan fingerprint density at radius 2 is 1.75 bits per heavy atom. The molecule has 1 atom stereocenters. The number of hydrogen-bond donors (Lipinski definition) is 0. The molecular weight excluding hydrogens is 365 g/mol. The Balaban J connectivity index is 1.76. The summed E-state index contributed by atoms with van der Waals surface area (Å²) >= 11 is 0. The highest BCUT2D eigenvalue weighted by atomic mass is 19.4. The summed E-state index contributed by atoms with van der Waals surface area (Å²) in [5.74, 6) is -1.84. The Bertz CT molecular complexity index is 1000. The van der Waals surface area contributed by atoms with Crippen LogP contribution in [0, 0.1) is 5.92 Å². The fourth-order valence-corrected chi connectivity index (χ4v) is 3.71. The molecular formula is C22H19F3N2O. The van der Waals surface area contributed by atoms with Crippen molar-refractivity contribution in [2.45, 2.75) is 19.0 Å². The molecule has 6 heteroatoms. The SMILES string of the molecule is O=C(c1cc(-c2ccccc2)nc2ccccc12)N1CCC[C@@H](C(F)(F)F)C1. The summed E-state index contributed by atoms with van der Waals surface area (Å²) in [4.78, 5) is 19.2. The van der Waals surface area contributed by atoms with Crippen LogP contribution in [-0.2, 0) is 0 Å². The number of piperidine rings is 1. The van der Waals surface area contributed by atoms with Crippen molar-refractivity contribution in [2.75, 3.05) is 13.1 Å². The molecule has 0 N–H and O–H groups in total. The molecule has 2 heterocycles. The van der Waals surface area contributed by atoms with Crippen molar-refractivity contribution in [1.82, 2.24) is 9.88 Å². The van der Waals surface area contributed by atoms with Gasteiger partial charge < -0.3 is 4.90 Å². The van der Waals surface area contributed by atoms with E-state index in [0.29, 0.717) is 35.1 Å². The van der Waals surface area contributed by atoms with E-state index in [2.05, 4.69) is 4.98 Å². The predicted octanol–water partition coefficient (Wildman–Crippen LogP) is 5.32. The minimum Gasteiger partial charge on any atom is -0.338 e. The van der Waals surface area contributed by atoms with Crippen molar-refractivity contribution in [2.24, 2.45) is 5.92 Å². The van der Waals surface area contributed by atoms with Crippen LogP contribution in [0.3, 0.4) is 0 Å². The number of carbonyl (C=O) groups is 1. The zero-order valence-corrected chi connectivity index (χ0v) is 15.1. The summed E-state index contributed by atoms with van der Waals surface area (Å²) in [6.07, 6.45) is -3.86. The fourth-order valence-electron chi connectivity index (χ4n) is 3.71.